The van der Waals surface area contributed by atoms with Crippen molar-refractivity contribution in [3.63, 3.8) is 0 Å². The Bertz CT molecular complexity index is 385. The number of piperidine rings is 1. The summed E-state index contributed by atoms with van der Waals surface area (Å²) in [5.74, 6) is 0.142. The maximum absolute atomic E-state index is 12.1. The number of rotatable bonds is 5. The average Bonchev–Trinajstić information content (AvgIpc) is 2.93. The first kappa shape index (κ1) is 14.5. The number of hydrogen-bond acceptors (Lipinski definition) is 4. The van der Waals surface area contributed by atoms with E-state index in [2.05, 4.69) is 47.1 Å². The first-order valence-electron chi connectivity index (χ1n) is 6.89. The number of carbonyl (C=O) groups excluding carboxylic acids is 1. The Balaban J connectivity index is 1.86. The Hall–Kier alpha value is -0.910. The molecule has 2 rings (SSSR count). The summed E-state index contributed by atoms with van der Waals surface area (Å²) in [6, 6.07) is 4.44. The number of hydrogen-bond donors (Lipinski definition) is 2. The summed E-state index contributed by atoms with van der Waals surface area (Å²) < 4.78 is 0. The molecule has 1 aromatic heterocycles. The van der Waals surface area contributed by atoms with Gasteiger partial charge in [0.2, 0.25) is 5.91 Å². The second-order valence-corrected chi connectivity index (χ2v) is 6.22. The molecule has 0 aromatic carbocycles. The molecule has 0 radical (unpaired) electrons. The van der Waals surface area contributed by atoms with Gasteiger partial charge in [0.1, 0.15) is 0 Å². The largest absolute Gasteiger partial charge is 0.353 e. The van der Waals surface area contributed by atoms with Crippen molar-refractivity contribution in [2.75, 3.05) is 27.2 Å². The first-order valence-corrected chi connectivity index (χ1v) is 7.77. The summed E-state index contributed by atoms with van der Waals surface area (Å²) in [6.07, 6.45) is 3.28. The van der Waals surface area contributed by atoms with Gasteiger partial charge in [0, 0.05) is 11.4 Å². The lowest BCUT2D eigenvalue weighted by Gasteiger charge is -2.26. The zero-order valence-electron chi connectivity index (χ0n) is 11.7. The van der Waals surface area contributed by atoms with Gasteiger partial charge in [-0.2, -0.15) is 0 Å². The van der Waals surface area contributed by atoms with Crippen LogP contribution in [0.5, 0.6) is 0 Å². The zero-order chi connectivity index (χ0) is 13.7. The molecule has 106 valence electrons. The van der Waals surface area contributed by atoms with Crippen LogP contribution in [-0.4, -0.2) is 44.0 Å². The van der Waals surface area contributed by atoms with Crippen LogP contribution in [0, 0.1) is 0 Å². The van der Waals surface area contributed by atoms with Crippen LogP contribution in [0.4, 0.5) is 0 Å². The monoisotopic (exact) mass is 281 g/mol. The highest BCUT2D eigenvalue weighted by molar-refractivity contribution is 7.10. The van der Waals surface area contributed by atoms with E-state index >= 15 is 0 Å². The van der Waals surface area contributed by atoms with Crippen LogP contribution in [-0.2, 0) is 4.79 Å². The minimum absolute atomic E-state index is 0.0000945. The third-order valence-electron chi connectivity index (χ3n) is 3.59. The molecule has 19 heavy (non-hydrogen) atoms. The van der Waals surface area contributed by atoms with Gasteiger partial charge in [-0.15, -0.1) is 11.3 Å². The predicted molar refractivity (Wildman–Crippen MR) is 79.4 cm³/mol. The van der Waals surface area contributed by atoms with Gasteiger partial charge in [-0.1, -0.05) is 12.5 Å². The quantitative estimate of drug-likeness (QED) is 0.862. The number of nitrogens with one attached hydrogen (secondary N) is 2. The standard InChI is InChI=1S/C14H23N3OS/c1-17(2)12(13-7-5-9-19-13)10-16-14(18)11-6-3-4-8-15-11/h5,7,9,11-12,15H,3-4,6,8,10H2,1-2H3,(H,16,18)/t11-,12?/m1/s1. The smallest absolute Gasteiger partial charge is 0.237 e. The van der Waals surface area contributed by atoms with E-state index in [0.717, 1.165) is 19.4 Å². The molecule has 0 bridgehead atoms. The third kappa shape index (κ3) is 4.03. The Labute approximate surface area is 119 Å². The number of thiophene rings is 1. The molecule has 1 amide bonds. The normalized spacial score (nSPS) is 21.3. The summed E-state index contributed by atoms with van der Waals surface area (Å²) >= 11 is 1.74. The van der Waals surface area contributed by atoms with Gasteiger partial charge < -0.3 is 15.5 Å². The Morgan fingerprint density at radius 3 is 3.00 bits per heavy atom. The Morgan fingerprint density at radius 1 is 1.58 bits per heavy atom. The lowest BCUT2D eigenvalue weighted by Crippen LogP contribution is -2.48. The van der Waals surface area contributed by atoms with Gasteiger partial charge in [0.25, 0.3) is 0 Å². The Kier molecular flexibility index (Phi) is 5.36. The number of nitrogens with zero attached hydrogens (tertiary/aromatic N) is 1. The van der Waals surface area contributed by atoms with Gasteiger partial charge in [-0.25, -0.2) is 0 Å². The van der Waals surface area contributed by atoms with Crippen molar-refractivity contribution >= 4 is 17.2 Å². The number of carbonyl (C=O) groups is 1. The summed E-state index contributed by atoms with van der Waals surface area (Å²) in [7, 11) is 4.10. The van der Waals surface area contributed by atoms with E-state index in [9.17, 15) is 4.79 Å². The van der Waals surface area contributed by atoms with Gasteiger partial charge in [-0.3, -0.25) is 4.79 Å². The third-order valence-corrected chi connectivity index (χ3v) is 4.56. The van der Waals surface area contributed by atoms with E-state index in [1.54, 1.807) is 11.3 Å². The van der Waals surface area contributed by atoms with E-state index < -0.39 is 0 Å². The van der Waals surface area contributed by atoms with Crippen molar-refractivity contribution in [3.05, 3.63) is 22.4 Å². The second-order valence-electron chi connectivity index (χ2n) is 5.24. The van der Waals surface area contributed by atoms with E-state index in [1.165, 1.54) is 11.3 Å². The molecule has 1 aliphatic rings. The molecule has 2 atom stereocenters. The van der Waals surface area contributed by atoms with E-state index in [0.29, 0.717) is 6.54 Å². The molecule has 0 saturated carbocycles. The summed E-state index contributed by atoms with van der Waals surface area (Å²) in [5.41, 5.74) is 0. The van der Waals surface area contributed by atoms with Crippen LogP contribution in [0.1, 0.15) is 30.2 Å². The van der Waals surface area contributed by atoms with Crippen molar-refractivity contribution in [1.82, 2.24) is 15.5 Å². The molecule has 2 heterocycles. The van der Waals surface area contributed by atoms with Crippen LogP contribution >= 0.6 is 11.3 Å². The van der Waals surface area contributed by atoms with Gasteiger partial charge in [0.15, 0.2) is 0 Å². The van der Waals surface area contributed by atoms with Crippen molar-refractivity contribution in [3.8, 4) is 0 Å². The highest BCUT2D eigenvalue weighted by Crippen LogP contribution is 2.22. The van der Waals surface area contributed by atoms with E-state index in [1.807, 2.05) is 0 Å². The summed E-state index contributed by atoms with van der Waals surface area (Å²) in [5, 5.41) is 8.45. The van der Waals surface area contributed by atoms with Crippen LogP contribution in [0.15, 0.2) is 17.5 Å². The van der Waals surface area contributed by atoms with Crippen LogP contribution in [0.25, 0.3) is 0 Å². The zero-order valence-corrected chi connectivity index (χ0v) is 12.5. The molecule has 1 unspecified atom stereocenters. The topological polar surface area (TPSA) is 44.4 Å². The van der Waals surface area contributed by atoms with Crippen LogP contribution in [0.3, 0.4) is 0 Å². The maximum Gasteiger partial charge on any atom is 0.237 e. The van der Waals surface area contributed by atoms with Crippen molar-refractivity contribution in [2.45, 2.75) is 31.3 Å². The first-order chi connectivity index (χ1) is 9.18. The van der Waals surface area contributed by atoms with Crippen molar-refractivity contribution in [1.29, 1.82) is 0 Å². The predicted octanol–water partition coefficient (Wildman–Crippen LogP) is 1.61. The molecule has 0 spiro atoms. The molecular formula is C14H23N3OS. The SMILES string of the molecule is CN(C)C(CNC(=O)[C@H]1CCCCN1)c1cccs1. The molecule has 1 aliphatic heterocycles. The molecule has 4 nitrogen and oxygen atoms in total. The van der Waals surface area contributed by atoms with Gasteiger partial charge in [-0.05, 0) is 44.9 Å². The molecule has 2 N–H and O–H groups in total. The number of likely N-dealkylation sites (N-methyl/N-ethyl adjacent to an activating group) is 1. The van der Waals surface area contributed by atoms with E-state index in [-0.39, 0.29) is 18.0 Å². The highest BCUT2D eigenvalue weighted by Gasteiger charge is 2.22. The molecule has 1 fully saturated rings. The lowest BCUT2D eigenvalue weighted by atomic mass is 10.0. The summed E-state index contributed by atoms with van der Waals surface area (Å²) in [6.45, 7) is 1.63. The average molecular weight is 281 g/mol. The summed E-state index contributed by atoms with van der Waals surface area (Å²) in [4.78, 5) is 15.6. The molecule has 5 heteroatoms. The van der Waals surface area contributed by atoms with Crippen LogP contribution < -0.4 is 10.6 Å². The van der Waals surface area contributed by atoms with E-state index in [4.69, 9.17) is 0 Å². The fraction of sp³-hybridized carbons (Fsp3) is 0.643. The highest BCUT2D eigenvalue weighted by atomic mass is 32.1. The van der Waals surface area contributed by atoms with Crippen molar-refractivity contribution < 1.29 is 4.79 Å². The molecule has 0 aliphatic carbocycles. The molecular weight excluding hydrogens is 258 g/mol. The molecule has 1 saturated heterocycles. The molecule has 1 aromatic rings. The second kappa shape index (κ2) is 7.03. The number of amides is 1. The minimum atomic E-state index is -0.0000945. The van der Waals surface area contributed by atoms with Gasteiger partial charge in [0.05, 0.1) is 12.1 Å². The Morgan fingerprint density at radius 2 is 2.42 bits per heavy atom. The minimum Gasteiger partial charge on any atom is -0.353 e. The maximum atomic E-state index is 12.1. The van der Waals surface area contributed by atoms with Gasteiger partial charge >= 0.3 is 0 Å². The van der Waals surface area contributed by atoms with Crippen molar-refractivity contribution in [2.24, 2.45) is 0 Å². The van der Waals surface area contributed by atoms with Crippen LogP contribution in [0.2, 0.25) is 0 Å². The lowest BCUT2D eigenvalue weighted by molar-refractivity contribution is -0.123. The fourth-order valence-corrected chi connectivity index (χ4v) is 3.34. The fourth-order valence-electron chi connectivity index (χ4n) is 2.41.